The molecule has 0 unspecified atom stereocenters. The minimum absolute atomic E-state index is 0.349. The predicted octanol–water partition coefficient (Wildman–Crippen LogP) is 1.52. The first kappa shape index (κ1) is 17.7. The van der Waals surface area contributed by atoms with Gasteiger partial charge in [-0.15, -0.1) is 0 Å². The van der Waals surface area contributed by atoms with Gasteiger partial charge in [-0.05, 0) is 12.8 Å². The second-order valence-electron chi connectivity index (χ2n) is 5.56. The first-order valence-electron chi connectivity index (χ1n) is 7.81. The number of esters is 1. The molecule has 0 saturated carbocycles. The fourth-order valence-electron chi connectivity index (χ4n) is 2.58. The number of Topliss-reactive ketones (excluding diaryl/α,β-unsaturated/α-hetero) is 1. The predicted molar refractivity (Wildman–Crippen MR) is 85.3 cm³/mol. The van der Waals surface area contributed by atoms with Crippen molar-refractivity contribution in [3.8, 4) is 0 Å². The largest absolute Gasteiger partial charge is 0.456 e. The third-order valence-corrected chi connectivity index (χ3v) is 4.20. The molecule has 128 valence electrons. The van der Waals surface area contributed by atoms with Crippen LogP contribution in [0.25, 0.3) is 0 Å². The summed E-state index contributed by atoms with van der Waals surface area (Å²) < 4.78 is 4.89. The number of ether oxygens (including phenoxy) is 1. The number of amides is 3. The molecule has 2 rings (SSSR count). The SMILES string of the molecule is CCC1(CC)NC(=O)N(CC(=O)OCC(=O)c2ccccc2)C1=O. The molecule has 1 aliphatic rings. The number of rotatable bonds is 7. The van der Waals surface area contributed by atoms with E-state index >= 15 is 0 Å². The average molecular weight is 332 g/mol. The van der Waals surface area contributed by atoms with Gasteiger partial charge in [0.15, 0.2) is 12.4 Å². The van der Waals surface area contributed by atoms with Gasteiger partial charge in [0.25, 0.3) is 5.91 Å². The summed E-state index contributed by atoms with van der Waals surface area (Å²) in [5.74, 6) is -1.59. The molecule has 1 saturated heterocycles. The lowest BCUT2D eigenvalue weighted by Gasteiger charge is -2.22. The van der Waals surface area contributed by atoms with Crippen molar-refractivity contribution >= 4 is 23.7 Å². The zero-order valence-corrected chi connectivity index (χ0v) is 13.7. The summed E-state index contributed by atoms with van der Waals surface area (Å²) in [7, 11) is 0. The van der Waals surface area contributed by atoms with E-state index in [1.165, 1.54) is 0 Å². The third kappa shape index (κ3) is 3.45. The van der Waals surface area contributed by atoms with E-state index in [1.807, 2.05) is 0 Å². The van der Waals surface area contributed by atoms with E-state index in [-0.39, 0.29) is 5.78 Å². The van der Waals surface area contributed by atoms with Crippen LogP contribution in [0.2, 0.25) is 0 Å². The molecule has 1 fully saturated rings. The van der Waals surface area contributed by atoms with Crippen LogP contribution in [0.3, 0.4) is 0 Å². The third-order valence-electron chi connectivity index (χ3n) is 4.20. The van der Waals surface area contributed by atoms with E-state index in [0.29, 0.717) is 18.4 Å². The number of imide groups is 1. The molecule has 0 atom stereocenters. The van der Waals surface area contributed by atoms with Gasteiger partial charge in [0.2, 0.25) is 0 Å². The molecule has 1 heterocycles. The van der Waals surface area contributed by atoms with E-state index < -0.39 is 36.6 Å². The maximum atomic E-state index is 12.4. The summed E-state index contributed by atoms with van der Waals surface area (Å²) in [5, 5.41) is 2.63. The quantitative estimate of drug-likeness (QED) is 0.464. The highest BCUT2D eigenvalue weighted by molar-refractivity contribution is 6.08. The molecule has 7 nitrogen and oxygen atoms in total. The van der Waals surface area contributed by atoms with Gasteiger partial charge in [0.05, 0.1) is 0 Å². The van der Waals surface area contributed by atoms with Crippen LogP contribution in [-0.4, -0.2) is 47.3 Å². The number of nitrogens with zero attached hydrogens (tertiary/aromatic N) is 1. The summed E-state index contributed by atoms with van der Waals surface area (Å²) in [6.45, 7) is 2.65. The molecule has 0 spiro atoms. The molecule has 0 aromatic heterocycles. The van der Waals surface area contributed by atoms with Crippen LogP contribution >= 0.6 is 0 Å². The van der Waals surface area contributed by atoms with Gasteiger partial charge in [0.1, 0.15) is 12.1 Å². The highest BCUT2D eigenvalue weighted by Gasteiger charge is 2.49. The van der Waals surface area contributed by atoms with E-state index in [1.54, 1.807) is 44.2 Å². The van der Waals surface area contributed by atoms with Crippen molar-refractivity contribution in [3.05, 3.63) is 35.9 Å². The Kier molecular flexibility index (Phi) is 5.33. The van der Waals surface area contributed by atoms with Crippen molar-refractivity contribution in [1.29, 1.82) is 0 Å². The Labute approximate surface area is 140 Å². The lowest BCUT2D eigenvalue weighted by molar-refractivity contribution is -0.146. The molecule has 3 amide bonds. The van der Waals surface area contributed by atoms with Gasteiger partial charge in [-0.25, -0.2) is 4.79 Å². The number of nitrogens with one attached hydrogen (secondary N) is 1. The summed E-state index contributed by atoms with van der Waals surface area (Å²) in [6, 6.07) is 7.80. The molecular weight excluding hydrogens is 312 g/mol. The maximum Gasteiger partial charge on any atom is 0.326 e. The monoisotopic (exact) mass is 332 g/mol. The molecule has 7 heteroatoms. The van der Waals surface area contributed by atoms with Crippen molar-refractivity contribution in [1.82, 2.24) is 10.2 Å². The highest BCUT2D eigenvalue weighted by Crippen LogP contribution is 2.24. The molecule has 24 heavy (non-hydrogen) atoms. The number of hydrogen-bond donors (Lipinski definition) is 1. The van der Waals surface area contributed by atoms with Gasteiger partial charge in [-0.2, -0.15) is 0 Å². The van der Waals surface area contributed by atoms with Crippen LogP contribution in [0.4, 0.5) is 4.79 Å². The first-order valence-corrected chi connectivity index (χ1v) is 7.81. The molecular formula is C17H20N2O5. The van der Waals surface area contributed by atoms with Crippen molar-refractivity contribution in [3.63, 3.8) is 0 Å². The van der Waals surface area contributed by atoms with Gasteiger partial charge in [-0.3, -0.25) is 19.3 Å². The summed E-state index contributed by atoms with van der Waals surface area (Å²) in [5.41, 5.74) is -0.534. The number of benzene rings is 1. The van der Waals surface area contributed by atoms with Crippen LogP contribution < -0.4 is 5.32 Å². The first-order chi connectivity index (χ1) is 11.4. The fourth-order valence-corrected chi connectivity index (χ4v) is 2.58. The van der Waals surface area contributed by atoms with Crippen molar-refractivity contribution in [2.45, 2.75) is 32.2 Å². The van der Waals surface area contributed by atoms with Gasteiger partial charge in [-0.1, -0.05) is 44.2 Å². The second kappa shape index (κ2) is 7.25. The van der Waals surface area contributed by atoms with E-state index in [4.69, 9.17) is 4.74 Å². The molecule has 0 bridgehead atoms. The Hall–Kier alpha value is -2.70. The molecule has 1 aromatic carbocycles. The number of carbonyl (C=O) groups is 4. The molecule has 0 aliphatic carbocycles. The Morgan fingerprint density at radius 2 is 1.75 bits per heavy atom. The number of carbonyl (C=O) groups excluding carboxylic acids is 4. The number of urea groups is 1. The van der Waals surface area contributed by atoms with E-state index in [9.17, 15) is 19.2 Å². The van der Waals surface area contributed by atoms with Crippen molar-refractivity contribution in [2.24, 2.45) is 0 Å². The van der Waals surface area contributed by atoms with E-state index in [0.717, 1.165) is 4.90 Å². The highest BCUT2D eigenvalue weighted by atomic mass is 16.5. The lowest BCUT2D eigenvalue weighted by Crippen LogP contribution is -2.46. The minimum atomic E-state index is -0.961. The second-order valence-corrected chi connectivity index (χ2v) is 5.56. The summed E-state index contributed by atoms with van der Waals surface area (Å²) >= 11 is 0. The fraction of sp³-hybridized carbons (Fsp3) is 0.412. The smallest absolute Gasteiger partial charge is 0.326 e. The lowest BCUT2D eigenvalue weighted by atomic mass is 9.93. The minimum Gasteiger partial charge on any atom is -0.456 e. The average Bonchev–Trinajstić information content (AvgIpc) is 2.85. The molecule has 1 aliphatic heterocycles. The number of ketones is 1. The van der Waals surface area contributed by atoms with Gasteiger partial charge >= 0.3 is 12.0 Å². The normalized spacial score (nSPS) is 16.0. The van der Waals surface area contributed by atoms with Crippen molar-refractivity contribution in [2.75, 3.05) is 13.2 Å². The Morgan fingerprint density at radius 1 is 1.12 bits per heavy atom. The molecule has 1 aromatic rings. The van der Waals surface area contributed by atoms with Crippen molar-refractivity contribution < 1.29 is 23.9 Å². The zero-order valence-electron chi connectivity index (χ0n) is 13.7. The van der Waals surface area contributed by atoms with Gasteiger partial charge < -0.3 is 10.1 Å². The number of hydrogen-bond acceptors (Lipinski definition) is 5. The van der Waals surface area contributed by atoms with Crippen LogP contribution in [0, 0.1) is 0 Å². The van der Waals surface area contributed by atoms with Crippen LogP contribution in [0.5, 0.6) is 0 Å². The Bertz CT molecular complexity index is 652. The van der Waals surface area contributed by atoms with Crippen LogP contribution in [0.1, 0.15) is 37.0 Å². The Morgan fingerprint density at radius 3 is 2.29 bits per heavy atom. The zero-order chi connectivity index (χ0) is 17.7. The molecule has 1 N–H and O–H groups in total. The van der Waals surface area contributed by atoms with Crippen LogP contribution in [-0.2, 0) is 14.3 Å². The standard InChI is InChI=1S/C17H20N2O5/c1-3-17(4-2)15(22)19(16(23)18-17)10-14(21)24-11-13(20)12-8-6-5-7-9-12/h5-9H,3-4,10-11H2,1-2H3,(H,18,23). The molecule has 0 radical (unpaired) electrons. The van der Waals surface area contributed by atoms with Crippen LogP contribution in [0.15, 0.2) is 30.3 Å². The maximum absolute atomic E-state index is 12.4. The topological polar surface area (TPSA) is 92.8 Å². The summed E-state index contributed by atoms with van der Waals surface area (Å²) in [4.78, 5) is 48.9. The van der Waals surface area contributed by atoms with E-state index in [2.05, 4.69) is 5.32 Å². The Balaban J connectivity index is 1.92. The van der Waals surface area contributed by atoms with Gasteiger partial charge in [0, 0.05) is 5.56 Å². The summed E-state index contributed by atoms with van der Waals surface area (Å²) in [6.07, 6.45) is 0.873.